The van der Waals surface area contributed by atoms with E-state index in [0.29, 0.717) is 12.8 Å². The molecule has 3 atom stereocenters. The number of hydrogen-bond acceptors (Lipinski definition) is 5. The van der Waals surface area contributed by atoms with Crippen LogP contribution in [0.2, 0.25) is 0 Å². The average molecular weight is 353 g/mol. The number of alkyl halides is 3. The van der Waals surface area contributed by atoms with E-state index in [9.17, 15) is 18.0 Å². The van der Waals surface area contributed by atoms with Gasteiger partial charge in [-0.25, -0.2) is 4.79 Å². The van der Waals surface area contributed by atoms with E-state index < -0.39 is 30.0 Å². The Morgan fingerprint density at radius 1 is 1.50 bits per heavy atom. The van der Waals surface area contributed by atoms with Gasteiger partial charge in [-0.15, -0.1) is 0 Å². The van der Waals surface area contributed by atoms with Crippen LogP contribution >= 0.6 is 0 Å². The second kappa shape index (κ2) is 8.41. The van der Waals surface area contributed by atoms with Crippen molar-refractivity contribution in [1.82, 2.24) is 4.90 Å². The highest BCUT2D eigenvalue weighted by molar-refractivity contribution is 5.71. The second-order valence-corrected chi connectivity index (χ2v) is 5.88. The maximum atomic E-state index is 13.1. The summed E-state index contributed by atoms with van der Waals surface area (Å²) in [4.78, 5) is 15.6. The van der Waals surface area contributed by atoms with Gasteiger partial charge in [-0.1, -0.05) is 5.11 Å². The van der Waals surface area contributed by atoms with Gasteiger partial charge in [0.15, 0.2) is 0 Å². The summed E-state index contributed by atoms with van der Waals surface area (Å²) in [7, 11) is 0. The third kappa shape index (κ3) is 4.89. The van der Waals surface area contributed by atoms with E-state index in [2.05, 4.69) is 10.0 Å². The highest BCUT2D eigenvalue weighted by atomic mass is 19.4. The Morgan fingerprint density at radius 3 is 2.71 bits per heavy atom. The van der Waals surface area contributed by atoms with Crippen LogP contribution in [0.5, 0.6) is 0 Å². The maximum absolute atomic E-state index is 13.1. The molecular formula is C13H22F3N5O3. The van der Waals surface area contributed by atoms with Crippen LogP contribution in [0.4, 0.5) is 18.0 Å². The number of nitrogens with two attached hydrogens (primary N) is 1. The van der Waals surface area contributed by atoms with Gasteiger partial charge in [0, 0.05) is 24.6 Å². The van der Waals surface area contributed by atoms with E-state index in [1.807, 2.05) is 0 Å². The number of aliphatic hydroxyl groups excluding tert-OH is 1. The Labute approximate surface area is 137 Å². The molecule has 1 amide bonds. The van der Waals surface area contributed by atoms with Crippen molar-refractivity contribution in [1.29, 1.82) is 0 Å². The zero-order valence-electron chi connectivity index (χ0n) is 13.4. The van der Waals surface area contributed by atoms with Gasteiger partial charge in [0.25, 0.3) is 0 Å². The van der Waals surface area contributed by atoms with E-state index in [0.717, 1.165) is 4.90 Å². The Kier molecular flexibility index (Phi) is 7.12. The average Bonchev–Trinajstić information content (AvgIpc) is 2.74. The first-order chi connectivity index (χ1) is 11.2. The molecule has 0 aromatic rings. The second-order valence-electron chi connectivity index (χ2n) is 5.88. The van der Waals surface area contributed by atoms with Gasteiger partial charge in [0.2, 0.25) is 0 Å². The monoisotopic (exact) mass is 353 g/mol. The minimum absolute atomic E-state index is 0.0168. The lowest BCUT2D eigenvalue weighted by molar-refractivity contribution is -0.167. The van der Waals surface area contributed by atoms with Crippen LogP contribution in [0, 0.1) is 0 Å². The number of halogens is 3. The first-order valence-electron chi connectivity index (χ1n) is 7.61. The number of azide groups is 1. The third-order valence-corrected chi connectivity index (χ3v) is 4.04. The first kappa shape index (κ1) is 20.3. The molecule has 1 saturated heterocycles. The fourth-order valence-corrected chi connectivity index (χ4v) is 2.88. The molecule has 0 spiro atoms. The number of rotatable bonds is 9. The SMILES string of the molecule is C[C@@]1(CCCO)OC(=O)N(CCCCN=[N+]=[N-])[C@@H]1[C@H](N)C(F)(F)F. The Balaban J connectivity index is 2.92. The van der Waals surface area contributed by atoms with Crippen LogP contribution in [0.3, 0.4) is 0 Å². The topological polar surface area (TPSA) is 125 Å². The lowest BCUT2D eigenvalue weighted by atomic mass is 9.86. The normalized spacial score (nSPS) is 25.3. The van der Waals surface area contributed by atoms with Crippen molar-refractivity contribution >= 4 is 6.09 Å². The Morgan fingerprint density at radius 2 is 2.17 bits per heavy atom. The largest absolute Gasteiger partial charge is 0.441 e. The Bertz CT molecular complexity index is 484. The van der Waals surface area contributed by atoms with Crippen molar-refractivity contribution in [2.24, 2.45) is 10.8 Å². The van der Waals surface area contributed by atoms with E-state index in [-0.39, 0.29) is 32.5 Å². The number of cyclic esters (lactones) is 1. The van der Waals surface area contributed by atoms with Crippen molar-refractivity contribution < 1.29 is 27.8 Å². The van der Waals surface area contributed by atoms with Gasteiger partial charge >= 0.3 is 12.3 Å². The summed E-state index contributed by atoms with van der Waals surface area (Å²) in [6, 6.07) is -3.64. The molecule has 8 nitrogen and oxygen atoms in total. The van der Waals surface area contributed by atoms with Crippen LogP contribution < -0.4 is 5.73 Å². The summed E-state index contributed by atoms with van der Waals surface area (Å²) < 4.78 is 44.6. The molecule has 0 unspecified atom stereocenters. The summed E-state index contributed by atoms with van der Waals surface area (Å²) in [5.74, 6) is 0. The molecule has 1 rings (SSSR count). The predicted molar refractivity (Wildman–Crippen MR) is 79.0 cm³/mol. The molecule has 0 bridgehead atoms. The lowest BCUT2D eigenvalue weighted by Gasteiger charge is -2.36. The third-order valence-electron chi connectivity index (χ3n) is 4.04. The highest BCUT2D eigenvalue weighted by Gasteiger charge is 2.58. The van der Waals surface area contributed by atoms with E-state index in [1.165, 1.54) is 6.92 Å². The summed E-state index contributed by atoms with van der Waals surface area (Å²) >= 11 is 0. The molecule has 1 heterocycles. The molecular weight excluding hydrogens is 331 g/mol. The van der Waals surface area contributed by atoms with Crippen molar-refractivity contribution in [3.8, 4) is 0 Å². The molecule has 0 saturated carbocycles. The minimum Gasteiger partial charge on any atom is -0.441 e. The number of carbonyl (C=O) groups excluding carboxylic acids is 1. The number of amides is 1. The summed E-state index contributed by atoms with van der Waals surface area (Å²) in [6.45, 7) is 1.38. The van der Waals surface area contributed by atoms with Crippen LogP contribution in [0.15, 0.2) is 5.11 Å². The molecule has 1 aliphatic rings. The fourth-order valence-electron chi connectivity index (χ4n) is 2.88. The molecule has 1 fully saturated rings. The molecule has 0 radical (unpaired) electrons. The first-order valence-corrected chi connectivity index (χ1v) is 7.61. The smallest absolute Gasteiger partial charge is 0.410 e. The summed E-state index contributed by atoms with van der Waals surface area (Å²) in [5, 5.41) is 12.3. The molecule has 138 valence electrons. The fraction of sp³-hybridized carbons (Fsp3) is 0.923. The maximum Gasteiger partial charge on any atom is 0.410 e. The zero-order chi connectivity index (χ0) is 18.4. The van der Waals surface area contributed by atoms with E-state index >= 15 is 0 Å². The van der Waals surface area contributed by atoms with Crippen LogP contribution in [0.1, 0.15) is 32.6 Å². The van der Waals surface area contributed by atoms with Gasteiger partial charge < -0.3 is 15.6 Å². The summed E-state index contributed by atoms with van der Waals surface area (Å²) in [6.07, 6.45) is -4.51. The van der Waals surface area contributed by atoms with Crippen molar-refractivity contribution in [2.45, 2.75) is 56.5 Å². The van der Waals surface area contributed by atoms with Crippen molar-refractivity contribution in [2.75, 3.05) is 19.7 Å². The predicted octanol–water partition coefficient (Wildman–Crippen LogP) is 2.32. The quantitative estimate of drug-likeness (QED) is 0.285. The number of ether oxygens (including phenoxy) is 1. The van der Waals surface area contributed by atoms with E-state index in [1.54, 1.807) is 0 Å². The summed E-state index contributed by atoms with van der Waals surface area (Å²) in [5.41, 5.74) is 12.1. The van der Waals surface area contributed by atoms with Gasteiger partial charge in [-0.05, 0) is 38.1 Å². The van der Waals surface area contributed by atoms with Gasteiger partial charge in [0.1, 0.15) is 11.6 Å². The zero-order valence-corrected chi connectivity index (χ0v) is 13.4. The number of unbranched alkanes of at least 4 members (excludes halogenated alkanes) is 1. The minimum atomic E-state index is -4.69. The molecule has 3 N–H and O–H groups in total. The van der Waals surface area contributed by atoms with Crippen LogP contribution in [-0.4, -0.2) is 59.7 Å². The lowest BCUT2D eigenvalue weighted by Crippen LogP contribution is -2.60. The van der Waals surface area contributed by atoms with Crippen LogP contribution in [0.25, 0.3) is 10.4 Å². The number of carbonyl (C=O) groups is 1. The highest BCUT2D eigenvalue weighted by Crippen LogP contribution is 2.39. The number of nitrogens with zero attached hydrogens (tertiary/aromatic N) is 4. The standard InChI is InChI=1S/C13H22F3N5O3/c1-12(5-4-8-22)10(9(17)13(14,15)16)21(11(23)24-12)7-3-2-6-19-20-18/h9-10,22H,2-8,17H2,1H3/t9-,10+,12-/m0/s1. The van der Waals surface area contributed by atoms with Crippen molar-refractivity contribution in [3.05, 3.63) is 10.4 Å². The van der Waals surface area contributed by atoms with Gasteiger partial charge in [0.05, 0.1) is 6.04 Å². The molecule has 0 aromatic carbocycles. The molecule has 1 aliphatic heterocycles. The molecule has 11 heteroatoms. The van der Waals surface area contributed by atoms with Crippen LogP contribution in [-0.2, 0) is 4.74 Å². The van der Waals surface area contributed by atoms with Gasteiger partial charge in [-0.3, -0.25) is 4.90 Å². The number of hydrogen-bond donors (Lipinski definition) is 2. The molecule has 0 aliphatic carbocycles. The molecule has 0 aromatic heterocycles. The van der Waals surface area contributed by atoms with Gasteiger partial charge in [-0.2, -0.15) is 13.2 Å². The Hall–Kier alpha value is -1.71. The number of aliphatic hydroxyl groups is 1. The van der Waals surface area contributed by atoms with E-state index in [4.69, 9.17) is 21.1 Å². The molecule has 24 heavy (non-hydrogen) atoms. The van der Waals surface area contributed by atoms with Crippen molar-refractivity contribution in [3.63, 3.8) is 0 Å².